The molecule has 1 aromatic rings. The van der Waals surface area contributed by atoms with Gasteiger partial charge in [0.05, 0.1) is 18.0 Å². The molecular weight excluding hydrogens is 260 g/mol. The van der Waals surface area contributed by atoms with Gasteiger partial charge in [-0.05, 0) is 20.3 Å². The molecule has 0 fully saturated rings. The lowest BCUT2D eigenvalue weighted by atomic mass is 10.3. The van der Waals surface area contributed by atoms with Crippen molar-refractivity contribution in [3.05, 3.63) is 17.8 Å². The lowest BCUT2D eigenvalue weighted by molar-refractivity contribution is -0.137. The SMILES string of the molecule is Cc1cnc(C(C)NS(=O)(=O)CCCC(=O)O)o1. The van der Waals surface area contributed by atoms with Crippen LogP contribution in [0.25, 0.3) is 0 Å². The molecule has 0 aliphatic carbocycles. The summed E-state index contributed by atoms with van der Waals surface area (Å²) >= 11 is 0. The van der Waals surface area contributed by atoms with E-state index in [1.807, 2.05) is 0 Å². The highest BCUT2D eigenvalue weighted by atomic mass is 32.2. The minimum absolute atomic E-state index is 0.0714. The van der Waals surface area contributed by atoms with Crippen molar-refractivity contribution >= 4 is 16.0 Å². The summed E-state index contributed by atoms with van der Waals surface area (Å²) in [6, 6.07) is -0.575. The topological polar surface area (TPSA) is 110 Å². The highest BCUT2D eigenvalue weighted by molar-refractivity contribution is 7.89. The third kappa shape index (κ3) is 4.84. The zero-order valence-electron chi connectivity index (χ0n) is 10.2. The molecule has 0 saturated carbocycles. The zero-order chi connectivity index (χ0) is 13.8. The molecule has 1 aromatic heterocycles. The second kappa shape index (κ2) is 5.96. The Labute approximate surface area is 105 Å². The molecule has 1 atom stereocenters. The molecule has 7 nitrogen and oxygen atoms in total. The average molecular weight is 276 g/mol. The predicted octanol–water partition coefficient (Wildman–Crippen LogP) is 0.828. The second-order valence-electron chi connectivity index (χ2n) is 3.96. The number of carboxylic acid groups (broad SMARTS) is 1. The summed E-state index contributed by atoms with van der Waals surface area (Å²) in [6.45, 7) is 3.32. The summed E-state index contributed by atoms with van der Waals surface area (Å²) in [6.07, 6.45) is 1.40. The Bertz CT molecular complexity index is 508. The number of rotatable bonds is 7. The summed E-state index contributed by atoms with van der Waals surface area (Å²) in [5, 5.41) is 8.43. The summed E-state index contributed by atoms with van der Waals surface area (Å²) in [7, 11) is -3.53. The molecule has 0 aliphatic rings. The first kappa shape index (κ1) is 14.7. The Morgan fingerprint density at radius 1 is 1.61 bits per heavy atom. The molecule has 0 aromatic carbocycles. The van der Waals surface area contributed by atoms with E-state index in [4.69, 9.17) is 9.52 Å². The number of hydrogen-bond donors (Lipinski definition) is 2. The van der Waals surface area contributed by atoms with Crippen LogP contribution in [0.2, 0.25) is 0 Å². The van der Waals surface area contributed by atoms with E-state index in [1.165, 1.54) is 6.20 Å². The monoisotopic (exact) mass is 276 g/mol. The van der Waals surface area contributed by atoms with Gasteiger partial charge < -0.3 is 9.52 Å². The van der Waals surface area contributed by atoms with Crippen LogP contribution in [0.1, 0.15) is 37.5 Å². The molecule has 0 bridgehead atoms. The number of aryl methyl sites for hydroxylation is 1. The standard InChI is InChI=1S/C10H16N2O5S/c1-7-6-11-10(17-7)8(2)12-18(15,16)5-3-4-9(13)14/h6,8,12H,3-5H2,1-2H3,(H,13,14). The molecule has 0 amide bonds. The van der Waals surface area contributed by atoms with E-state index in [0.717, 1.165) is 0 Å². The van der Waals surface area contributed by atoms with E-state index in [0.29, 0.717) is 5.76 Å². The molecule has 0 radical (unpaired) electrons. The first-order chi connectivity index (χ1) is 8.30. The Hall–Kier alpha value is -1.41. The number of nitrogens with zero attached hydrogens (tertiary/aromatic N) is 1. The van der Waals surface area contributed by atoms with Crippen LogP contribution in [0.15, 0.2) is 10.6 Å². The van der Waals surface area contributed by atoms with Gasteiger partial charge in [-0.2, -0.15) is 0 Å². The van der Waals surface area contributed by atoms with Crippen molar-refractivity contribution in [2.45, 2.75) is 32.7 Å². The lowest BCUT2D eigenvalue weighted by Gasteiger charge is -2.10. The maximum Gasteiger partial charge on any atom is 0.303 e. The first-order valence-electron chi connectivity index (χ1n) is 5.44. The Morgan fingerprint density at radius 2 is 2.28 bits per heavy atom. The molecule has 1 unspecified atom stereocenters. The van der Waals surface area contributed by atoms with Gasteiger partial charge in [0.25, 0.3) is 0 Å². The van der Waals surface area contributed by atoms with Gasteiger partial charge in [-0.3, -0.25) is 4.79 Å². The Balaban J connectivity index is 2.52. The van der Waals surface area contributed by atoms with Crippen molar-refractivity contribution in [3.8, 4) is 0 Å². The van der Waals surface area contributed by atoms with Crippen molar-refractivity contribution < 1.29 is 22.7 Å². The van der Waals surface area contributed by atoms with E-state index >= 15 is 0 Å². The van der Waals surface area contributed by atoms with Gasteiger partial charge >= 0.3 is 5.97 Å². The largest absolute Gasteiger partial charge is 0.481 e. The van der Waals surface area contributed by atoms with Gasteiger partial charge in [-0.15, -0.1) is 0 Å². The molecule has 1 rings (SSSR count). The molecule has 0 spiro atoms. The van der Waals surface area contributed by atoms with Crippen molar-refractivity contribution in [1.82, 2.24) is 9.71 Å². The molecule has 0 aliphatic heterocycles. The van der Waals surface area contributed by atoms with E-state index in [2.05, 4.69) is 9.71 Å². The smallest absolute Gasteiger partial charge is 0.303 e. The maximum absolute atomic E-state index is 11.6. The minimum Gasteiger partial charge on any atom is -0.481 e. The highest BCUT2D eigenvalue weighted by Gasteiger charge is 2.19. The van der Waals surface area contributed by atoms with Crippen LogP contribution < -0.4 is 4.72 Å². The predicted molar refractivity (Wildman–Crippen MR) is 63.4 cm³/mol. The van der Waals surface area contributed by atoms with Crippen LogP contribution in [0.3, 0.4) is 0 Å². The normalized spacial score (nSPS) is 13.4. The number of oxazole rings is 1. The molecule has 0 saturated heterocycles. The summed E-state index contributed by atoms with van der Waals surface area (Å²) < 4.78 is 30.8. The first-order valence-corrected chi connectivity index (χ1v) is 7.09. The fourth-order valence-electron chi connectivity index (χ4n) is 1.36. The van der Waals surface area contributed by atoms with Gasteiger partial charge in [0.1, 0.15) is 5.76 Å². The Morgan fingerprint density at radius 3 is 2.78 bits per heavy atom. The van der Waals surface area contributed by atoms with Crippen molar-refractivity contribution in [2.24, 2.45) is 0 Å². The van der Waals surface area contributed by atoms with Gasteiger partial charge in [-0.1, -0.05) is 0 Å². The van der Waals surface area contributed by atoms with Crippen molar-refractivity contribution in [3.63, 3.8) is 0 Å². The van der Waals surface area contributed by atoms with Crippen LogP contribution in [0.4, 0.5) is 0 Å². The van der Waals surface area contributed by atoms with Gasteiger partial charge in [0.2, 0.25) is 15.9 Å². The number of hydrogen-bond acceptors (Lipinski definition) is 5. The van der Waals surface area contributed by atoms with Crippen molar-refractivity contribution in [2.75, 3.05) is 5.75 Å². The van der Waals surface area contributed by atoms with E-state index in [1.54, 1.807) is 13.8 Å². The average Bonchev–Trinajstić information content (AvgIpc) is 2.63. The fourth-order valence-corrected chi connectivity index (χ4v) is 2.65. The molecule has 8 heteroatoms. The lowest BCUT2D eigenvalue weighted by Crippen LogP contribution is -2.29. The van der Waals surface area contributed by atoms with Crippen LogP contribution in [-0.2, 0) is 14.8 Å². The molecule has 18 heavy (non-hydrogen) atoms. The molecule has 1 heterocycles. The van der Waals surface area contributed by atoms with Crippen LogP contribution >= 0.6 is 0 Å². The van der Waals surface area contributed by atoms with E-state index < -0.39 is 22.0 Å². The van der Waals surface area contributed by atoms with E-state index in [-0.39, 0.29) is 24.5 Å². The summed E-state index contributed by atoms with van der Waals surface area (Å²) in [4.78, 5) is 14.2. The second-order valence-corrected chi connectivity index (χ2v) is 5.84. The maximum atomic E-state index is 11.6. The van der Waals surface area contributed by atoms with Crippen LogP contribution in [0, 0.1) is 6.92 Å². The molecule has 2 N–H and O–H groups in total. The van der Waals surface area contributed by atoms with Gasteiger partial charge in [0.15, 0.2) is 0 Å². The highest BCUT2D eigenvalue weighted by Crippen LogP contribution is 2.13. The molecule has 102 valence electrons. The number of nitrogens with one attached hydrogen (secondary N) is 1. The molecular formula is C10H16N2O5S. The third-order valence-electron chi connectivity index (χ3n) is 2.17. The van der Waals surface area contributed by atoms with Crippen LogP contribution in [0.5, 0.6) is 0 Å². The fraction of sp³-hybridized carbons (Fsp3) is 0.600. The van der Waals surface area contributed by atoms with Crippen molar-refractivity contribution in [1.29, 1.82) is 0 Å². The van der Waals surface area contributed by atoms with E-state index in [9.17, 15) is 13.2 Å². The van der Waals surface area contributed by atoms with Crippen LogP contribution in [-0.4, -0.2) is 30.2 Å². The quantitative estimate of drug-likeness (QED) is 0.763. The number of aromatic nitrogens is 1. The summed E-state index contributed by atoms with van der Waals surface area (Å²) in [5.41, 5.74) is 0. The summed E-state index contributed by atoms with van der Waals surface area (Å²) in [5.74, 6) is -0.360. The zero-order valence-corrected chi connectivity index (χ0v) is 11.0. The van der Waals surface area contributed by atoms with Gasteiger partial charge in [0, 0.05) is 6.42 Å². The Kier molecular flexibility index (Phi) is 4.85. The number of aliphatic carboxylic acids is 1. The number of carbonyl (C=O) groups is 1. The number of sulfonamides is 1. The number of carboxylic acids is 1. The van der Waals surface area contributed by atoms with Gasteiger partial charge in [-0.25, -0.2) is 18.1 Å². The third-order valence-corrected chi connectivity index (χ3v) is 3.71. The minimum atomic E-state index is -3.53.